The van der Waals surface area contributed by atoms with Crippen LogP contribution in [-0.2, 0) is 4.74 Å². The smallest absolute Gasteiger partial charge is 0.0594 e. The van der Waals surface area contributed by atoms with Crippen LogP contribution in [0.3, 0.4) is 0 Å². The van der Waals surface area contributed by atoms with E-state index in [9.17, 15) is 5.11 Å². The van der Waals surface area contributed by atoms with Gasteiger partial charge < -0.3 is 9.84 Å². The van der Waals surface area contributed by atoms with Crippen molar-refractivity contribution in [1.29, 1.82) is 0 Å². The highest BCUT2D eigenvalue weighted by atomic mass is 16.5. The summed E-state index contributed by atoms with van der Waals surface area (Å²) >= 11 is 0. The first-order valence-corrected chi connectivity index (χ1v) is 6.86. The molecule has 0 aromatic rings. The van der Waals surface area contributed by atoms with Crippen LogP contribution >= 0.6 is 0 Å². The van der Waals surface area contributed by atoms with Crippen molar-refractivity contribution in [3.05, 3.63) is 0 Å². The molecule has 0 aromatic heterocycles. The highest BCUT2D eigenvalue weighted by Crippen LogP contribution is 2.35. The van der Waals surface area contributed by atoms with Gasteiger partial charge in [0, 0.05) is 13.7 Å². The molecule has 0 radical (unpaired) electrons. The van der Waals surface area contributed by atoms with E-state index in [-0.39, 0.29) is 6.10 Å². The first-order chi connectivity index (χ1) is 7.69. The van der Waals surface area contributed by atoms with Crippen LogP contribution in [0.15, 0.2) is 0 Å². The van der Waals surface area contributed by atoms with Gasteiger partial charge in [-0.05, 0) is 37.0 Å². The van der Waals surface area contributed by atoms with Gasteiger partial charge in [0.05, 0.1) is 6.10 Å². The first kappa shape index (κ1) is 14.0. The topological polar surface area (TPSA) is 29.5 Å². The summed E-state index contributed by atoms with van der Waals surface area (Å²) in [7, 11) is 1.73. The highest BCUT2D eigenvalue weighted by molar-refractivity contribution is 4.80. The summed E-state index contributed by atoms with van der Waals surface area (Å²) in [5.74, 6) is 1.76. The molecule has 1 rings (SSSR count). The van der Waals surface area contributed by atoms with Crippen LogP contribution < -0.4 is 0 Å². The van der Waals surface area contributed by atoms with Crippen molar-refractivity contribution in [3.8, 4) is 0 Å². The van der Waals surface area contributed by atoms with E-state index in [1.807, 2.05) is 0 Å². The third-order valence-electron chi connectivity index (χ3n) is 4.24. The average Bonchev–Trinajstić information content (AvgIpc) is 2.35. The Balaban J connectivity index is 2.36. The van der Waals surface area contributed by atoms with Crippen LogP contribution in [0.1, 0.15) is 52.4 Å². The number of ether oxygens (including phenoxy) is 1. The van der Waals surface area contributed by atoms with Gasteiger partial charge in [-0.3, -0.25) is 0 Å². The van der Waals surface area contributed by atoms with Crippen molar-refractivity contribution in [2.45, 2.75) is 58.5 Å². The van der Waals surface area contributed by atoms with Gasteiger partial charge in [0.15, 0.2) is 0 Å². The minimum absolute atomic E-state index is 0.121. The first-order valence-electron chi connectivity index (χ1n) is 6.86. The van der Waals surface area contributed by atoms with E-state index in [2.05, 4.69) is 13.8 Å². The molecule has 0 spiro atoms. The van der Waals surface area contributed by atoms with Crippen molar-refractivity contribution >= 4 is 0 Å². The molecule has 4 atom stereocenters. The van der Waals surface area contributed by atoms with E-state index in [4.69, 9.17) is 4.74 Å². The molecule has 4 unspecified atom stereocenters. The molecule has 1 N–H and O–H groups in total. The summed E-state index contributed by atoms with van der Waals surface area (Å²) in [6.07, 6.45) is 7.25. The SMILES string of the molecule is CCC1CCCC(C(O)C(C)CCOC)C1. The van der Waals surface area contributed by atoms with Gasteiger partial charge >= 0.3 is 0 Å². The fourth-order valence-corrected chi connectivity index (χ4v) is 2.95. The van der Waals surface area contributed by atoms with E-state index in [1.165, 1.54) is 32.1 Å². The van der Waals surface area contributed by atoms with Gasteiger partial charge in [-0.1, -0.05) is 33.1 Å². The molecule has 0 aliphatic heterocycles. The van der Waals surface area contributed by atoms with Gasteiger partial charge in [-0.2, -0.15) is 0 Å². The second-order valence-electron chi connectivity index (χ2n) is 5.45. The van der Waals surface area contributed by atoms with Crippen molar-refractivity contribution in [2.75, 3.05) is 13.7 Å². The van der Waals surface area contributed by atoms with E-state index in [0.717, 1.165) is 18.9 Å². The van der Waals surface area contributed by atoms with Crippen molar-refractivity contribution in [3.63, 3.8) is 0 Å². The third kappa shape index (κ3) is 4.06. The van der Waals surface area contributed by atoms with E-state index >= 15 is 0 Å². The summed E-state index contributed by atoms with van der Waals surface area (Å²) in [5.41, 5.74) is 0. The lowest BCUT2D eigenvalue weighted by Crippen LogP contribution is -2.32. The minimum Gasteiger partial charge on any atom is -0.393 e. The van der Waals surface area contributed by atoms with E-state index in [0.29, 0.717) is 11.8 Å². The lowest BCUT2D eigenvalue weighted by Gasteiger charge is -2.34. The van der Waals surface area contributed by atoms with Crippen LogP contribution in [0.4, 0.5) is 0 Å². The van der Waals surface area contributed by atoms with E-state index in [1.54, 1.807) is 7.11 Å². The fourth-order valence-electron chi connectivity index (χ4n) is 2.95. The van der Waals surface area contributed by atoms with Crippen molar-refractivity contribution < 1.29 is 9.84 Å². The van der Waals surface area contributed by atoms with Gasteiger partial charge in [0.1, 0.15) is 0 Å². The quantitative estimate of drug-likeness (QED) is 0.756. The molecule has 96 valence electrons. The Labute approximate surface area is 100 Å². The Morgan fingerprint density at radius 1 is 1.38 bits per heavy atom. The molecule has 1 fully saturated rings. The molecule has 1 aliphatic carbocycles. The third-order valence-corrected chi connectivity index (χ3v) is 4.24. The Morgan fingerprint density at radius 2 is 2.12 bits per heavy atom. The Morgan fingerprint density at radius 3 is 2.75 bits per heavy atom. The minimum atomic E-state index is -0.121. The summed E-state index contributed by atoms with van der Waals surface area (Å²) in [4.78, 5) is 0. The van der Waals surface area contributed by atoms with Crippen LogP contribution in [0.25, 0.3) is 0 Å². The lowest BCUT2D eigenvalue weighted by atomic mass is 9.75. The molecule has 2 nitrogen and oxygen atoms in total. The van der Waals surface area contributed by atoms with Crippen LogP contribution in [0, 0.1) is 17.8 Å². The van der Waals surface area contributed by atoms with Crippen molar-refractivity contribution in [1.82, 2.24) is 0 Å². The van der Waals surface area contributed by atoms with Crippen LogP contribution in [0.2, 0.25) is 0 Å². The zero-order chi connectivity index (χ0) is 12.0. The van der Waals surface area contributed by atoms with E-state index < -0.39 is 0 Å². The van der Waals surface area contributed by atoms with Gasteiger partial charge in [-0.15, -0.1) is 0 Å². The molecule has 1 saturated carbocycles. The number of hydrogen-bond acceptors (Lipinski definition) is 2. The molecule has 2 heteroatoms. The molecule has 0 bridgehead atoms. The monoisotopic (exact) mass is 228 g/mol. The normalized spacial score (nSPS) is 30.0. The second-order valence-corrected chi connectivity index (χ2v) is 5.45. The van der Waals surface area contributed by atoms with Crippen LogP contribution in [-0.4, -0.2) is 24.9 Å². The molecule has 0 saturated heterocycles. The molecule has 0 aromatic carbocycles. The zero-order valence-corrected chi connectivity index (χ0v) is 11.1. The predicted molar refractivity (Wildman–Crippen MR) is 67.4 cm³/mol. The maximum absolute atomic E-state index is 10.3. The molecule has 0 amide bonds. The molecular weight excluding hydrogens is 200 g/mol. The lowest BCUT2D eigenvalue weighted by molar-refractivity contribution is 0.0165. The number of aliphatic hydroxyl groups is 1. The standard InChI is InChI=1S/C14H28O2/c1-4-12-6-5-7-13(10-12)14(15)11(2)8-9-16-3/h11-15H,4-10H2,1-3H3. The number of hydrogen-bond donors (Lipinski definition) is 1. The zero-order valence-electron chi connectivity index (χ0n) is 11.1. The van der Waals surface area contributed by atoms with Crippen molar-refractivity contribution in [2.24, 2.45) is 17.8 Å². The number of methoxy groups -OCH3 is 1. The fraction of sp³-hybridized carbons (Fsp3) is 1.00. The Kier molecular flexibility index (Phi) is 6.37. The summed E-state index contributed by atoms with van der Waals surface area (Å²) < 4.78 is 5.08. The Bertz CT molecular complexity index is 182. The van der Waals surface area contributed by atoms with Gasteiger partial charge in [0.2, 0.25) is 0 Å². The van der Waals surface area contributed by atoms with Gasteiger partial charge in [0.25, 0.3) is 0 Å². The second kappa shape index (κ2) is 7.29. The largest absolute Gasteiger partial charge is 0.393 e. The maximum atomic E-state index is 10.3. The summed E-state index contributed by atoms with van der Waals surface area (Å²) in [6, 6.07) is 0. The Hall–Kier alpha value is -0.0800. The molecule has 0 heterocycles. The van der Waals surface area contributed by atoms with Crippen LogP contribution in [0.5, 0.6) is 0 Å². The van der Waals surface area contributed by atoms with Gasteiger partial charge in [-0.25, -0.2) is 0 Å². The predicted octanol–water partition coefficient (Wildman–Crippen LogP) is 3.24. The number of rotatable bonds is 6. The highest BCUT2D eigenvalue weighted by Gasteiger charge is 2.29. The molecular formula is C14H28O2. The molecule has 1 aliphatic rings. The summed E-state index contributed by atoms with van der Waals surface area (Å²) in [5, 5.41) is 10.3. The number of aliphatic hydroxyl groups excluding tert-OH is 1. The molecule has 16 heavy (non-hydrogen) atoms. The average molecular weight is 228 g/mol. The summed E-state index contributed by atoms with van der Waals surface area (Å²) in [6.45, 7) is 5.19. The maximum Gasteiger partial charge on any atom is 0.0594 e.